The van der Waals surface area contributed by atoms with Gasteiger partial charge in [0.25, 0.3) is 5.91 Å². The molecule has 2 aliphatic rings. The number of carbonyl (C=O) groups is 1. The maximum Gasteiger partial charge on any atom is 0.254 e. The molecule has 0 aromatic carbocycles. The largest absolute Gasteiger partial charge is 0.351 e. The number of hydrogen-bond donors (Lipinski definition) is 2. The van der Waals surface area contributed by atoms with Crippen molar-refractivity contribution in [2.24, 2.45) is 10.9 Å². The minimum atomic E-state index is -0.557. The molecule has 2 rings (SSSR count). The highest BCUT2D eigenvalue weighted by atomic mass is 16.2. The van der Waals surface area contributed by atoms with Crippen LogP contribution in [0.4, 0.5) is 0 Å². The molecule has 1 aliphatic heterocycles. The molecule has 96 valence electrons. The molecular formula is C13H23N3O. The van der Waals surface area contributed by atoms with Crippen LogP contribution >= 0.6 is 0 Å². The van der Waals surface area contributed by atoms with Crippen molar-refractivity contribution in [3.8, 4) is 0 Å². The van der Waals surface area contributed by atoms with Gasteiger partial charge < -0.3 is 5.32 Å². The van der Waals surface area contributed by atoms with E-state index in [4.69, 9.17) is 0 Å². The summed E-state index contributed by atoms with van der Waals surface area (Å²) >= 11 is 0. The van der Waals surface area contributed by atoms with Crippen LogP contribution in [0, 0.1) is 5.92 Å². The normalized spacial score (nSPS) is 29.6. The van der Waals surface area contributed by atoms with Crippen molar-refractivity contribution in [3.63, 3.8) is 0 Å². The lowest BCUT2D eigenvalue weighted by molar-refractivity contribution is -0.124. The number of carbonyl (C=O) groups excluding carboxylic acids is 1. The van der Waals surface area contributed by atoms with E-state index in [-0.39, 0.29) is 11.4 Å². The quantitative estimate of drug-likeness (QED) is 0.769. The molecular weight excluding hydrogens is 214 g/mol. The smallest absolute Gasteiger partial charge is 0.254 e. The van der Waals surface area contributed by atoms with E-state index in [9.17, 15) is 4.79 Å². The van der Waals surface area contributed by atoms with Crippen molar-refractivity contribution in [2.75, 3.05) is 0 Å². The monoisotopic (exact) mass is 237 g/mol. The second kappa shape index (κ2) is 4.00. The summed E-state index contributed by atoms with van der Waals surface area (Å²) in [6, 6.07) is 0. The second-order valence-electron chi connectivity index (χ2n) is 6.56. The first-order valence-electron chi connectivity index (χ1n) is 6.48. The standard InChI is InChI=1S/C13H23N3O/c1-12(2,3)15-11-14-10(17)13(4,16-11)8-9-6-5-7-9/h9H,5-8H2,1-4H3,(H2,14,15,16,17). The Morgan fingerprint density at radius 1 is 1.47 bits per heavy atom. The molecule has 1 unspecified atom stereocenters. The fourth-order valence-electron chi connectivity index (χ4n) is 2.38. The number of aliphatic imine (C=N–C) groups is 1. The molecule has 2 N–H and O–H groups in total. The molecule has 0 spiro atoms. The zero-order valence-corrected chi connectivity index (χ0v) is 11.3. The number of hydrogen-bond acceptors (Lipinski definition) is 3. The van der Waals surface area contributed by atoms with Gasteiger partial charge in [0.15, 0.2) is 5.96 Å². The summed E-state index contributed by atoms with van der Waals surface area (Å²) in [5.41, 5.74) is -0.632. The van der Waals surface area contributed by atoms with Crippen molar-refractivity contribution in [1.82, 2.24) is 10.6 Å². The van der Waals surface area contributed by atoms with Crippen LogP contribution in [0.15, 0.2) is 4.99 Å². The average Bonchev–Trinajstić information content (AvgIpc) is 2.33. The number of nitrogens with zero attached hydrogens (tertiary/aromatic N) is 1. The van der Waals surface area contributed by atoms with Gasteiger partial charge in [0.1, 0.15) is 5.54 Å². The topological polar surface area (TPSA) is 53.5 Å². The van der Waals surface area contributed by atoms with E-state index in [0.717, 1.165) is 6.42 Å². The van der Waals surface area contributed by atoms with Gasteiger partial charge in [0, 0.05) is 5.54 Å². The van der Waals surface area contributed by atoms with Crippen LogP contribution in [0.3, 0.4) is 0 Å². The minimum Gasteiger partial charge on any atom is -0.351 e. The average molecular weight is 237 g/mol. The van der Waals surface area contributed by atoms with Gasteiger partial charge in [-0.1, -0.05) is 19.3 Å². The summed E-state index contributed by atoms with van der Waals surface area (Å²) in [6.07, 6.45) is 4.69. The highest BCUT2D eigenvalue weighted by molar-refractivity contribution is 6.07. The fourth-order valence-corrected chi connectivity index (χ4v) is 2.38. The summed E-state index contributed by atoms with van der Waals surface area (Å²) in [5.74, 6) is 1.35. The Morgan fingerprint density at radius 3 is 2.59 bits per heavy atom. The summed E-state index contributed by atoms with van der Waals surface area (Å²) in [4.78, 5) is 16.6. The number of guanidine groups is 1. The molecule has 0 saturated heterocycles. The van der Waals surface area contributed by atoms with E-state index in [1.165, 1.54) is 19.3 Å². The first-order valence-corrected chi connectivity index (χ1v) is 6.48. The SMILES string of the molecule is CC(C)(C)NC1=NC(C)(CC2CCC2)C(=O)N1. The molecule has 1 saturated carbocycles. The zero-order chi connectivity index (χ0) is 12.7. The van der Waals surface area contributed by atoms with Crippen molar-refractivity contribution in [2.45, 2.75) is 64.5 Å². The van der Waals surface area contributed by atoms with Crippen LogP contribution in [-0.2, 0) is 4.79 Å². The Morgan fingerprint density at radius 2 is 2.12 bits per heavy atom. The highest BCUT2D eigenvalue weighted by Crippen LogP contribution is 2.36. The Balaban J connectivity index is 2.04. The minimum absolute atomic E-state index is 0.0381. The summed E-state index contributed by atoms with van der Waals surface area (Å²) < 4.78 is 0. The maximum absolute atomic E-state index is 12.0. The van der Waals surface area contributed by atoms with Gasteiger partial charge in [-0.2, -0.15) is 0 Å². The van der Waals surface area contributed by atoms with E-state index in [0.29, 0.717) is 11.9 Å². The second-order valence-corrected chi connectivity index (χ2v) is 6.56. The lowest BCUT2D eigenvalue weighted by Crippen LogP contribution is -2.47. The van der Waals surface area contributed by atoms with Crippen molar-refractivity contribution >= 4 is 11.9 Å². The molecule has 1 fully saturated rings. The highest BCUT2D eigenvalue weighted by Gasteiger charge is 2.42. The molecule has 0 radical (unpaired) electrons. The summed E-state index contributed by atoms with van der Waals surface area (Å²) in [5, 5.41) is 6.09. The van der Waals surface area contributed by atoms with E-state index < -0.39 is 5.54 Å². The molecule has 0 bridgehead atoms. The van der Waals surface area contributed by atoms with Crippen LogP contribution in [0.1, 0.15) is 53.4 Å². The lowest BCUT2D eigenvalue weighted by atomic mass is 9.77. The molecule has 1 heterocycles. The van der Waals surface area contributed by atoms with E-state index in [2.05, 4.69) is 36.4 Å². The zero-order valence-electron chi connectivity index (χ0n) is 11.3. The van der Waals surface area contributed by atoms with Gasteiger partial charge in [-0.3, -0.25) is 10.1 Å². The Kier molecular flexibility index (Phi) is 2.92. The van der Waals surface area contributed by atoms with Gasteiger partial charge in [-0.05, 0) is 40.0 Å². The van der Waals surface area contributed by atoms with Crippen LogP contribution in [0.2, 0.25) is 0 Å². The first-order chi connectivity index (χ1) is 7.78. The van der Waals surface area contributed by atoms with Crippen LogP contribution in [0.25, 0.3) is 0 Å². The number of nitrogens with one attached hydrogen (secondary N) is 2. The molecule has 0 aromatic rings. The molecule has 4 nitrogen and oxygen atoms in total. The third-order valence-electron chi connectivity index (χ3n) is 3.48. The maximum atomic E-state index is 12.0. The molecule has 17 heavy (non-hydrogen) atoms. The van der Waals surface area contributed by atoms with Crippen molar-refractivity contribution < 1.29 is 4.79 Å². The predicted octanol–water partition coefficient (Wildman–Crippen LogP) is 1.81. The fraction of sp³-hybridized carbons (Fsp3) is 0.846. The van der Waals surface area contributed by atoms with E-state index >= 15 is 0 Å². The first kappa shape index (κ1) is 12.4. The number of rotatable bonds is 2. The van der Waals surface area contributed by atoms with Crippen LogP contribution < -0.4 is 10.6 Å². The summed E-state index contributed by atoms with van der Waals surface area (Å²) in [6.45, 7) is 8.12. The van der Waals surface area contributed by atoms with Crippen LogP contribution in [-0.4, -0.2) is 22.9 Å². The van der Waals surface area contributed by atoms with Gasteiger partial charge in [-0.15, -0.1) is 0 Å². The molecule has 0 aromatic heterocycles. The Bertz CT molecular complexity index is 352. The van der Waals surface area contributed by atoms with E-state index in [1.807, 2.05) is 6.92 Å². The van der Waals surface area contributed by atoms with Gasteiger partial charge in [0.05, 0.1) is 0 Å². The van der Waals surface area contributed by atoms with Gasteiger partial charge in [-0.25, -0.2) is 4.99 Å². The Labute approximate surface area is 103 Å². The van der Waals surface area contributed by atoms with Crippen molar-refractivity contribution in [1.29, 1.82) is 0 Å². The van der Waals surface area contributed by atoms with Gasteiger partial charge >= 0.3 is 0 Å². The molecule has 1 amide bonds. The lowest BCUT2D eigenvalue weighted by Gasteiger charge is -2.30. The van der Waals surface area contributed by atoms with Crippen LogP contribution in [0.5, 0.6) is 0 Å². The van der Waals surface area contributed by atoms with Crippen molar-refractivity contribution in [3.05, 3.63) is 0 Å². The third kappa shape index (κ3) is 2.79. The van der Waals surface area contributed by atoms with Gasteiger partial charge in [0.2, 0.25) is 0 Å². The Hall–Kier alpha value is -1.06. The molecule has 4 heteroatoms. The molecule has 1 aliphatic carbocycles. The summed E-state index contributed by atoms with van der Waals surface area (Å²) in [7, 11) is 0. The third-order valence-corrected chi connectivity index (χ3v) is 3.48. The predicted molar refractivity (Wildman–Crippen MR) is 68.8 cm³/mol. The molecule has 1 atom stereocenters. The van der Waals surface area contributed by atoms with E-state index in [1.54, 1.807) is 0 Å². The number of amides is 1.